The van der Waals surface area contributed by atoms with Crippen molar-refractivity contribution in [3.05, 3.63) is 72.9 Å². The van der Waals surface area contributed by atoms with Crippen molar-refractivity contribution >= 4 is 19.7 Å². The highest BCUT2D eigenvalue weighted by atomic mass is 31.2. The molecular formula is C49H86NO8P. The molecule has 340 valence electrons. The Morgan fingerprint density at radius 3 is 1.46 bits per heavy atom. The fourth-order valence-corrected chi connectivity index (χ4v) is 6.86. The topological polar surface area (TPSA) is 131 Å². The predicted octanol–water partition coefficient (Wildman–Crippen LogP) is 13.4. The molecule has 3 N–H and O–H groups in total. The zero-order valence-corrected chi connectivity index (χ0v) is 38.3. The second kappa shape index (κ2) is 45.0. The summed E-state index contributed by atoms with van der Waals surface area (Å²) in [4.78, 5) is 34.0. The van der Waals surface area contributed by atoms with Gasteiger partial charge in [-0.25, -0.2) is 4.57 Å². The van der Waals surface area contributed by atoms with Crippen molar-refractivity contribution < 1.29 is 37.9 Å². The Morgan fingerprint density at radius 1 is 0.542 bits per heavy atom. The Morgan fingerprint density at radius 2 is 0.966 bits per heavy atom. The summed E-state index contributed by atoms with van der Waals surface area (Å²) in [5.41, 5.74) is 0. The minimum absolute atomic E-state index is 0.0738. The Labute approximate surface area is 360 Å². The third kappa shape index (κ3) is 46.4. The molecule has 59 heavy (non-hydrogen) atoms. The molecule has 1 amide bonds. The molecule has 9 nitrogen and oxygen atoms in total. The van der Waals surface area contributed by atoms with E-state index in [4.69, 9.17) is 13.8 Å². The Hall–Kier alpha value is -2.55. The van der Waals surface area contributed by atoms with Gasteiger partial charge in [-0.15, -0.1) is 0 Å². The Balaban J connectivity index is 3.60. The van der Waals surface area contributed by atoms with Crippen LogP contribution in [0.15, 0.2) is 72.9 Å². The molecular weight excluding hydrogens is 762 g/mol. The van der Waals surface area contributed by atoms with Gasteiger partial charge in [0.1, 0.15) is 12.7 Å². The van der Waals surface area contributed by atoms with Gasteiger partial charge in [-0.05, 0) is 83.5 Å². The lowest BCUT2D eigenvalue weighted by Crippen LogP contribution is -2.27. The van der Waals surface area contributed by atoms with Crippen molar-refractivity contribution in [3.63, 3.8) is 0 Å². The molecule has 2 atom stereocenters. The molecule has 0 heterocycles. The lowest BCUT2D eigenvalue weighted by molar-refractivity contribution is -0.147. The van der Waals surface area contributed by atoms with Crippen LogP contribution in [0.5, 0.6) is 0 Å². The first-order valence-electron chi connectivity index (χ1n) is 23.4. The van der Waals surface area contributed by atoms with Crippen molar-refractivity contribution in [2.75, 3.05) is 26.4 Å². The van der Waals surface area contributed by atoms with Crippen molar-refractivity contribution in [2.24, 2.45) is 0 Å². The number of hydrogen-bond donors (Lipinski definition) is 3. The van der Waals surface area contributed by atoms with Crippen LogP contribution in [0, 0.1) is 0 Å². The summed E-state index contributed by atoms with van der Waals surface area (Å²) in [7, 11) is -4.43. The van der Waals surface area contributed by atoms with Crippen LogP contribution in [-0.4, -0.2) is 54.3 Å². The van der Waals surface area contributed by atoms with Crippen molar-refractivity contribution in [3.8, 4) is 0 Å². The van der Waals surface area contributed by atoms with E-state index in [1.54, 1.807) is 0 Å². The molecule has 0 rings (SSSR count). The quantitative estimate of drug-likeness (QED) is 0.0239. The number of esters is 1. The zero-order valence-electron chi connectivity index (χ0n) is 37.4. The second-order valence-electron chi connectivity index (χ2n) is 15.3. The number of carbonyl (C=O) groups is 2. The highest BCUT2D eigenvalue weighted by Crippen LogP contribution is 2.42. The third-order valence-corrected chi connectivity index (χ3v) is 10.6. The van der Waals surface area contributed by atoms with Gasteiger partial charge in [-0.2, -0.15) is 0 Å². The van der Waals surface area contributed by atoms with E-state index in [0.717, 1.165) is 83.5 Å². The van der Waals surface area contributed by atoms with Crippen LogP contribution in [0.3, 0.4) is 0 Å². The summed E-state index contributed by atoms with van der Waals surface area (Å²) in [6, 6.07) is 0. The molecule has 10 heteroatoms. The van der Waals surface area contributed by atoms with Crippen molar-refractivity contribution in [2.45, 2.75) is 200 Å². The summed E-state index contributed by atoms with van der Waals surface area (Å²) in [6.07, 6.45) is 55.5. The number of aliphatic hydroxyl groups is 1. The maximum absolute atomic E-state index is 12.1. The smallest absolute Gasteiger partial charge is 0.463 e. The third-order valence-electron chi connectivity index (χ3n) is 9.62. The summed E-state index contributed by atoms with van der Waals surface area (Å²) in [6.45, 7) is 3.39. The molecule has 0 bridgehead atoms. The first kappa shape index (κ1) is 56.5. The Kier molecular flexibility index (Phi) is 43.0. The fourth-order valence-electron chi connectivity index (χ4n) is 6.11. The van der Waals surface area contributed by atoms with Crippen molar-refractivity contribution in [1.29, 1.82) is 0 Å². The van der Waals surface area contributed by atoms with Gasteiger partial charge in [-0.1, -0.05) is 170 Å². The van der Waals surface area contributed by atoms with E-state index < -0.39 is 26.5 Å². The van der Waals surface area contributed by atoms with Crippen LogP contribution in [0.2, 0.25) is 0 Å². The van der Waals surface area contributed by atoms with E-state index in [1.807, 2.05) is 0 Å². The van der Waals surface area contributed by atoms with Crippen LogP contribution >= 0.6 is 7.82 Å². The van der Waals surface area contributed by atoms with E-state index >= 15 is 0 Å². The van der Waals surface area contributed by atoms with E-state index in [9.17, 15) is 24.2 Å². The molecule has 0 saturated heterocycles. The number of phosphoric ester groups is 1. The molecule has 0 aliphatic rings. The second-order valence-corrected chi connectivity index (χ2v) is 16.8. The first-order chi connectivity index (χ1) is 28.8. The number of carbonyl (C=O) groups excluding carboxylic acids is 2. The molecule has 0 saturated carbocycles. The maximum atomic E-state index is 12.1. The van der Waals surface area contributed by atoms with E-state index in [-0.39, 0.29) is 32.1 Å². The molecule has 0 aromatic heterocycles. The molecule has 2 unspecified atom stereocenters. The van der Waals surface area contributed by atoms with Crippen molar-refractivity contribution in [1.82, 2.24) is 5.32 Å². The predicted molar refractivity (Wildman–Crippen MR) is 247 cm³/mol. The minimum Gasteiger partial charge on any atom is -0.463 e. The van der Waals surface area contributed by atoms with Gasteiger partial charge in [0, 0.05) is 19.4 Å². The summed E-state index contributed by atoms with van der Waals surface area (Å²) >= 11 is 0. The summed E-state index contributed by atoms with van der Waals surface area (Å²) in [5.74, 6) is -0.541. The maximum Gasteiger partial charge on any atom is 0.472 e. The fraction of sp³-hybridized carbons (Fsp3) is 0.714. The molecule has 0 aromatic carbocycles. The van der Waals surface area contributed by atoms with Crippen LogP contribution in [-0.2, 0) is 27.9 Å². The highest BCUT2D eigenvalue weighted by molar-refractivity contribution is 7.47. The van der Waals surface area contributed by atoms with Gasteiger partial charge in [0.05, 0.1) is 13.2 Å². The lowest BCUT2D eigenvalue weighted by atomic mass is 10.0. The lowest BCUT2D eigenvalue weighted by Gasteiger charge is -2.15. The molecule has 0 aliphatic heterocycles. The number of nitrogens with one attached hydrogen (secondary N) is 1. The monoisotopic (exact) mass is 848 g/mol. The zero-order chi connectivity index (χ0) is 43.2. The Bertz CT molecular complexity index is 1190. The van der Waals surface area contributed by atoms with Gasteiger partial charge >= 0.3 is 13.8 Å². The average molecular weight is 848 g/mol. The van der Waals surface area contributed by atoms with Crippen LogP contribution in [0.4, 0.5) is 0 Å². The molecule has 0 aliphatic carbocycles. The first-order valence-corrected chi connectivity index (χ1v) is 24.9. The van der Waals surface area contributed by atoms with E-state index in [1.165, 1.54) is 77.0 Å². The van der Waals surface area contributed by atoms with Crippen LogP contribution in [0.1, 0.15) is 194 Å². The number of rotatable bonds is 43. The number of amides is 1. The number of ether oxygens (including phenoxy) is 1. The van der Waals surface area contributed by atoms with Crippen LogP contribution in [0.25, 0.3) is 0 Å². The largest absolute Gasteiger partial charge is 0.472 e. The highest BCUT2D eigenvalue weighted by Gasteiger charge is 2.23. The van der Waals surface area contributed by atoms with Crippen LogP contribution < -0.4 is 5.32 Å². The summed E-state index contributed by atoms with van der Waals surface area (Å²) in [5, 5.41) is 12.7. The minimum atomic E-state index is -4.43. The standard InChI is InChI=1S/C49H86NO8P/c1-3-5-7-9-11-13-15-17-19-20-21-22-23-24-25-26-28-29-31-33-35-37-39-41-48(52)50-43-44-57-59(54,55)58-46-47(51)45-56-49(53)42-40-38-36-34-32-30-27-18-16-14-12-10-8-6-4-2/h6,8,11-14,17-19,21-22,27,47,51H,3-5,7,9-10,15-16,20,23-26,28-46H2,1-2H3,(H,50,52)(H,54,55)/b8-6-,13-11-,14-12-,19-17-,22-21-,27-18-. The normalized spacial score (nSPS) is 13.9. The number of hydrogen-bond acceptors (Lipinski definition) is 7. The van der Waals surface area contributed by atoms with E-state index in [2.05, 4.69) is 92.1 Å². The molecule has 0 radical (unpaired) electrons. The molecule has 0 spiro atoms. The number of unbranched alkanes of at least 4 members (excludes halogenated alkanes) is 18. The van der Waals surface area contributed by atoms with Gasteiger partial charge in [-0.3, -0.25) is 18.6 Å². The van der Waals surface area contributed by atoms with Gasteiger partial charge < -0.3 is 20.1 Å². The van der Waals surface area contributed by atoms with Gasteiger partial charge in [0.2, 0.25) is 5.91 Å². The number of aliphatic hydroxyl groups excluding tert-OH is 1. The van der Waals surface area contributed by atoms with Gasteiger partial charge in [0.15, 0.2) is 0 Å². The molecule has 0 fully saturated rings. The van der Waals surface area contributed by atoms with Gasteiger partial charge in [0.25, 0.3) is 0 Å². The molecule has 0 aromatic rings. The van der Waals surface area contributed by atoms with E-state index in [0.29, 0.717) is 12.8 Å². The average Bonchev–Trinajstić information content (AvgIpc) is 3.22. The number of phosphoric acid groups is 1. The summed E-state index contributed by atoms with van der Waals surface area (Å²) < 4.78 is 26.9. The number of allylic oxidation sites excluding steroid dienone is 12. The SMILES string of the molecule is CC/C=C\C/C=C\C/C=C\CCCCCCCC(=O)OCC(O)COP(=O)(O)OCCNC(=O)CCCCCCCCCCCC/C=C\C/C=C\C/C=C\CCCCC.